The third kappa shape index (κ3) is 4.76. The van der Waals surface area contributed by atoms with Crippen LogP contribution in [0.25, 0.3) is 0 Å². The maximum atomic E-state index is 5.53. The molecule has 0 bridgehead atoms. The molecule has 0 radical (unpaired) electrons. The summed E-state index contributed by atoms with van der Waals surface area (Å²) in [4.78, 5) is 15.4. The van der Waals surface area contributed by atoms with Gasteiger partial charge in [-0.2, -0.15) is 0 Å². The lowest BCUT2D eigenvalue weighted by Gasteiger charge is -2.50. The fourth-order valence-electron chi connectivity index (χ4n) is 7.01. The molecular weight excluding hydrogens is 410 g/mol. The Balaban J connectivity index is 0.980. The Morgan fingerprint density at radius 3 is 1.94 bits per heavy atom. The monoisotopic (exact) mass is 453 g/mol. The van der Waals surface area contributed by atoms with Crippen LogP contribution in [0.1, 0.15) is 57.8 Å². The van der Waals surface area contributed by atoms with E-state index in [2.05, 4.69) is 37.9 Å². The summed E-state index contributed by atoms with van der Waals surface area (Å²) in [6, 6.07) is 6.26. The van der Waals surface area contributed by atoms with Crippen molar-refractivity contribution in [2.45, 2.75) is 69.9 Å². The molecule has 5 heterocycles. The zero-order chi connectivity index (χ0) is 22.1. The van der Waals surface area contributed by atoms with Gasteiger partial charge in [-0.25, -0.2) is 4.98 Å². The molecule has 0 unspecified atom stereocenters. The van der Waals surface area contributed by atoms with Crippen LogP contribution >= 0.6 is 0 Å². The van der Waals surface area contributed by atoms with Gasteiger partial charge >= 0.3 is 0 Å². The van der Waals surface area contributed by atoms with Crippen molar-refractivity contribution in [2.75, 3.05) is 75.4 Å². The van der Waals surface area contributed by atoms with E-state index in [9.17, 15) is 0 Å². The highest BCUT2D eigenvalue weighted by molar-refractivity contribution is 5.51. The Morgan fingerprint density at radius 1 is 0.697 bits per heavy atom. The Bertz CT molecular complexity index is 749. The largest absolute Gasteiger partial charge is 0.379 e. The molecule has 0 amide bonds. The van der Waals surface area contributed by atoms with E-state index in [-0.39, 0.29) is 0 Å². The third-order valence-electron chi connectivity index (χ3n) is 9.72. The van der Waals surface area contributed by atoms with Gasteiger partial charge in [0, 0.05) is 51.4 Å². The minimum absolute atomic E-state index is 0.613. The van der Waals surface area contributed by atoms with Crippen molar-refractivity contribution in [2.24, 2.45) is 5.41 Å². The first-order valence-corrected chi connectivity index (χ1v) is 13.8. The van der Waals surface area contributed by atoms with Crippen molar-refractivity contribution in [3.8, 4) is 0 Å². The van der Waals surface area contributed by atoms with Crippen LogP contribution < -0.4 is 9.80 Å². The van der Waals surface area contributed by atoms with Crippen molar-refractivity contribution in [1.29, 1.82) is 0 Å². The molecule has 6 heteroatoms. The quantitative estimate of drug-likeness (QED) is 0.693. The van der Waals surface area contributed by atoms with Crippen LogP contribution in [-0.2, 0) is 4.74 Å². The summed E-state index contributed by atoms with van der Waals surface area (Å²) in [6.07, 6.45) is 14.6. The summed E-state index contributed by atoms with van der Waals surface area (Å²) in [5.41, 5.74) is 1.91. The van der Waals surface area contributed by atoms with E-state index < -0.39 is 0 Å². The maximum Gasteiger partial charge on any atom is 0.128 e. The Labute approximate surface area is 200 Å². The van der Waals surface area contributed by atoms with Gasteiger partial charge in [-0.1, -0.05) is 6.42 Å². The molecule has 1 aromatic heterocycles. The van der Waals surface area contributed by atoms with E-state index in [4.69, 9.17) is 9.72 Å². The number of ether oxygens (including phenoxy) is 1. The third-order valence-corrected chi connectivity index (χ3v) is 9.72. The first kappa shape index (κ1) is 22.1. The number of piperidine rings is 3. The van der Waals surface area contributed by atoms with Crippen molar-refractivity contribution in [3.05, 3.63) is 18.3 Å². The minimum Gasteiger partial charge on any atom is -0.379 e. The number of pyridine rings is 1. The zero-order valence-corrected chi connectivity index (χ0v) is 20.5. The highest BCUT2D eigenvalue weighted by Crippen LogP contribution is 2.43. The van der Waals surface area contributed by atoms with Gasteiger partial charge < -0.3 is 19.4 Å². The summed E-state index contributed by atoms with van der Waals surface area (Å²) in [5.74, 6) is 1.18. The number of anilines is 2. The summed E-state index contributed by atoms with van der Waals surface area (Å²) in [5, 5.41) is 0. The molecule has 4 aliphatic heterocycles. The molecule has 5 aliphatic rings. The van der Waals surface area contributed by atoms with Crippen LogP contribution in [0.15, 0.2) is 18.3 Å². The molecule has 1 saturated carbocycles. The molecule has 33 heavy (non-hydrogen) atoms. The van der Waals surface area contributed by atoms with E-state index in [1.807, 2.05) is 0 Å². The van der Waals surface area contributed by atoms with Crippen molar-refractivity contribution >= 4 is 11.5 Å². The van der Waals surface area contributed by atoms with Crippen LogP contribution in [0.5, 0.6) is 0 Å². The van der Waals surface area contributed by atoms with Crippen molar-refractivity contribution in [3.63, 3.8) is 0 Å². The molecule has 1 spiro atoms. The standard InChI is InChI=1S/C27H43N5O/c1-2-23(3-1)30-14-8-27(9-15-30)10-16-32(17-11-27)26-5-4-25(22-28-26)29-12-6-24(7-13-29)31-18-20-33-21-19-31/h4-5,22-24H,1-3,6-21H2. The second kappa shape index (κ2) is 9.71. The number of hydrogen-bond acceptors (Lipinski definition) is 6. The van der Waals surface area contributed by atoms with E-state index in [0.717, 1.165) is 51.5 Å². The van der Waals surface area contributed by atoms with Gasteiger partial charge in [0.25, 0.3) is 0 Å². The Hall–Kier alpha value is -1.37. The highest BCUT2D eigenvalue weighted by atomic mass is 16.5. The number of rotatable bonds is 4. The van der Waals surface area contributed by atoms with Gasteiger partial charge in [-0.3, -0.25) is 4.90 Å². The fraction of sp³-hybridized carbons (Fsp3) is 0.815. The highest BCUT2D eigenvalue weighted by Gasteiger charge is 2.39. The number of aromatic nitrogens is 1. The van der Waals surface area contributed by atoms with Crippen molar-refractivity contribution in [1.82, 2.24) is 14.8 Å². The average Bonchev–Trinajstić information content (AvgIpc) is 2.86. The molecule has 5 fully saturated rings. The Kier molecular flexibility index (Phi) is 6.51. The molecular formula is C27H43N5O. The van der Waals surface area contributed by atoms with E-state index in [1.54, 1.807) is 0 Å². The van der Waals surface area contributed by atoms with E-state index in [0.29, 0.717) is 5.41 Å². The lowest BCUT2D eigenvalue weighted by Crippen LogP contribution is -2.51. The molecule has 0 atom stereocenters. The normalized spacial score (nSPS) is 28.2. The second-order valence-electron chi connectivity index (χ2n) is 11.3. The summed E-state index contributed by atoms with van der Waals surface area (Å²) in [7, 11) is 0. The molecule has 1 aliphatic carbocycles. The lowest BCUT2D eigenvalue weighted by molar-refractivity contribution is 0.0115. The number of nitrogens with zero attached hydrogens (tertiary/aromatic N) is 5. The van der Waals surface area contributed by atoms with E-state index in [1.165, 1.54) is 95.5 Å². The predicted molar refractivity (Wildman–Crippen MR) is 134 cm³/mol. The van der Waals surface area contributed by atoms with Gasteiger partial charge in [-0.15, -0.1) is 0 Å². The average molecular weight is 454 g/mol. The summed E-state index contributed by atoms with van der Waals surface area (Å²) in [6.45, 7) is 11.4. The molecule has 0 aromatic carbocycles. The molecule has 1 aromatic rings. The summed E-state index contributed by atoms with van der Waals surface area (Å²) >= 11 is 0. The first-order valence-electron chi connectivity index (χ1n) is 13.8. The SMILES string of the molecule is c1cc(N2CCC3(CC2)CCN(C2CCC2)CC3)ncc1N1CCC(N2CCOCC2)CC1. The molecule has 0 N–H and O–H groups in total. The number of hydrogen-bond donors (Lipinski definition) is 0. The predicted octanol–water partition coefficient (Wildman–Crippen LogP) is 3.62. The lowest BCUT2D eigenvalue weighted by atomic mass is 9.70. The molecule has 6 rings (SSSR count). The van der Waals surface area contributed by atoms with Crippen molar-refractivity contribution < 1.29 is 4.74 Å². The zero-order valence-electron chi connectivity index (χ0n) is 20.5. The topological polar surface area (TPSA) is 35.1 Å². The number of morpholine rings is 1. The van der Waals surface area contributed by atoms with Crippen LogP contribution in [0, 0.1) is 5.41 Å². The fourth-order valence-corrected chi connectivity index (χ4v) is 7.01. The molecule has 4 saturated heterocycles. The van der Waals surface area contributed by atoms with Gasteiger partial charge in [-0.05, 0) is 82.0 Å². The molecule has 182 valence electrons. The van der Waals surface area contributed by atoms with Crippen LogP contribution in [0.3, 0.4) is 0 Å². The summed E-state index contributed by atoms with van der Waals surface area (Å²) < 4.78 is 5.53. The van der Waals surface area contributed by atoms with Gasteiger partial charge in [0.05, 0.1) is 25.1 Å². The smallest absolute Gasteiger partial charge is 0.128 e. The van der Waals surface area contributed by atoms with Gasteiger partial charge in [0.1, 0.15) is 5.82 Å². The van der Waals surface area contributed by atoms with Gasteiger partial charge in [0.15, 0.2) is 0 Å². The van der Waals surface area contributed by atoms with Crippen LogP contribution in [0.2, 0.25) is 0 Å². The maximum absolute atomic E-state index is 5.53. The molecule has 6 nitrogen and oxygen atoms in total. The van der Waals surface area contributed by atoms with E-state index >= 15 is 0 Å². The first-order chi connectivity index (χ1) is 16.3. The number of likely N-dealkylation sites (tertiary alicyclic amines) is 1. The second-order valence-corrected chi connectivity index (χ2v) is 11.3. The van der Waals surface area contributed by atoms with Gasteiger partial charge in [0.2, 0.25) is 0 Å². The Morgan fingerprint density at radius 2 is 1.33 bits per heavy atom. The van der Waals surface area contributed by atoms with Crippen LogP contribution in [0.4, 0.5) is 11.5 Å². The minimum atomic E-state index is 0.613. The van der Waals surface area contributed by atoms with Crippen LogP contribution in [-0.4, -0.2) is 92.4 Å².